The maximum atomic E-state index is 12.6. The van der Waals surface area contributed by atoms with Gasteiger partial charge in [-0.25, -0.2) is 4.98 Å². The number of fused-ring (bicyclic) bond motifs is 1. The zero-order chi connectivity index (χ0) is 17.4. The van der Waals surface area contributed by atoms with Crippen molar-refractivity contribution in [2.45, 2.75) is 32.2 Å². The summed E-state index contributed by atoms with van der Waals surface area (Å²) in [6.07, 6.45) is 1.50. The summed E-state index contributed by atoms with van der Waals surface area (Å²) in [5.41, 5.74) is 2.92. The molecule has 0 aliphatic carbocycles. The predicted molar refractivity (Wildman–Crippen MR) is 101 cm³/mol. The Labute approximate surface area is 152 Å². The third-order valence-electron chi connectivity index (χ3n) is 4.76. The number of carbonyl (C=O) groups excluding carboxylic acids is 1. The summed E-state index contributed by atoms with van der Waals surface area (Å²) in [6.45, 7) is 3.69. The van der Waals surface area contributed by atoms with Crippen molar-refractivity contribution in [3.8, 4) is 0 Å². The van der Waals surface area contributed by atoms with Gasteiger partial charge in [-0.2, -0.15) is 0 Å². The molecule has 2 aromatic carbocycles. The van der Waals surface area contributed by atoms with Crippen LogP contribution in [0.25, 0.3) is 11.0 Å². The van der Waals surface area contributed by atoms with E-state index >= 15 is 0 Å². The van der Waals surface area contributed by atoms with Crippen molar-refractivity contribution in [3.63, 3.8) is 0 Å². The molecule has 3 aromatic rings. The largest absolute Gasteiger partial charge is 0.328 e. The van der Waals surface area contributed by atoms with Gasteiger partial charge in [0.1, 0.15) is 5.82 Å². The molecule has 0 saturated carbocycles. The number of amides is 1. The van der Waals surface area contributed by atoms with Crippen LogP contribution in [-0.4, -0.2) is 22.0 Å². The molecule has 1 aromatic heterocycles. The lowest BCUT2D eigenvalue weighted by molar-refractivity contribution is -0.117. The van der Waals surface area contributed by atoms with Crippen LogP contribution in [0.15, 0.2) is 48.5 Å². The highest BCUT2D eigenvalue weighted by molar-refractivity contribution is 6.33. The third-order valence-corrected chi connectivity index (χ3v) is 5.08. The van der Waals surface area contributed by atoms with Crippen molar-refractivity contribution in [1.82, 2.24) is 9.55 Å². The van der Waals surface area contributed by atoms with Gasteiger partial charge in [0.2, 0.25) is 5.91 Å². The second-order valence-electron chi connectivity index (χ2n) is 6.47. The van der Waals surface area contributed by atoms with Crippen molar-refractivity contribution in [2.75, 3.05) is 11.4 Å². The summed E-state index contributed by atoms with van der Waals surface area (Å²) >= 11 is 6.29. The number of carbonyl (C=O) groups is 1. The molecule has 5 heteroatoms. The highest BCUT2D eigenvalue weighted by Gasteiger charge is 2.35. The Kier molecular flexibility index (Phi) is 4.22. The molecule has 1 unspecified atom stereocenters. The van der Waals surface area contributed by atoms with Crippen LogP contribution >= 0.6 is 11.6 Å². The van der Waals surface area contributed by atoms with E-state index in [2.05, 4.69) is 17.6 Å². The van der Waals surface area contributed by atoms with Crippen molar-refractivity contribution < 1.29 is 4.79 Å². The maximum Gasteiger partial charge on any atom is 0.227 e. The zero-order valence-corrected chi connectivity index (χ0v) is 14.9. The van der Waals surface area contributed by atoms with Crippen LogP contribution in [0.3, 0.4) is 0 Å². The molecule has 4 rings (SSSR count). The van der Waals surface area contributed by atoms with Gasteiger partial charge in [-0.1, -0.05) is 42.8 Å². The summed E-state index contributed by atoms with van der Waals surface area (Å²) in [4.78, 5) is 19.3. The number of benzene rings is 2. The first-order valence-corrected chi connectivity index (χ1v) is 9.07. The first-order chi connectivity index (χ1) is 12.2. The van der Waals surface area contributed by atoms with Crippen molar-refractivity contribution in [3.05, 3.63) is 59.4 Å². The van der Waals surface area contributed by atoms with E-state index in [-0.39, 0.29) is 11.8 Å². The molecule has 1 aliphatic rings. The molecule has 128 valence electrons. The lowest BCUT2D eigenvalue weighted by atomic mass is 10.1. The lowest BCUT2D eigenvalue weighted by Crippen LogP contribution is -2.24. The Morgan fingerprint density at radius 2 is 1.92 bits per heavy atom. The monoisotopic (exact) mass is 353 g/mol. The van der Waals surface area contributed by atoms with Crippen LogP contribution < -0.4 is 4.90 Å². The van der Waals surface area contributed by atoms with E-state index < -0.39 is 0 Å². The van der Waals surface area contributed by atoms with Crippen molar-refractivity contribution in [1.29, 1.82) is 0 Å². The summed E-state index contributed by atoms with van der Waals surface area (Å²) in [5.74, 6) is 1.20. The fraction of sp³-hybridized carbons (Fsp3) is 0.300. The molecule has 1 saturated heterocycles. The van der Waals surface area contributed by atoms with Gasteiger partial charge in [-0.15, -0.1) is 0 Å². The minimum absolute atomic E-state index is 0.0859. The molecule has 1 fully saturated rings. The highest BCUT2D eigenvalue weighted by Crippen LogP contribution is 2.35. The SMILES string of the molecule is CCCn1c(C2CC(=O)N(c3ccccc3Cl)C2)nc2ccccc21. The standard InChI is InChI=1S/C20H20ClN3O/c1-2-11-23-18-10-6-4-8-16(18)22-20(23)14-12-19(25)24(13-14)17-9-5-3-7-15(17)21/h3-10,14H,2,11-13H2,1H3. The molecule has 1 atom stereocenters. The van der Waals surface area contributed by atoms with E-state index in [1.807, 2.05) is 42.5 Å². The van der Waals surface area contributed by atoms with Gasteiger partial charge >= 0.3 is 0 Å². The van der Waals surface area contributed by atoms with E-state index in [9.17, 15) is 4.79 Å². The van der Waals surface area contributed by atoms with E-state index in [1.165, 1.54) is 0 Å². The van der Waals surface area contributed by atoms with Crippen LogP contribution in [0.4, 0.5) is 5.69 Å². The molecule has 2 heterocycles. The van der Waals surface area contributed by atoms with Gasteiger partial charge in [0.25, 0.3) is 0 Å². The van der Waals surface area contributed by atoms with Crippen LogP contribution in [-0.2, 0) is 11.3 Å². The number of hydrogen-bond acceptors (Lipinski definition) is 2. The van der Waals surface area contributed by atoms with Crippen LogP contribution in [0.2, 0.25) is 5.02 Å². The van der Waals surface area contributed by atoms with Crippen molar-refractivity contribution >= 4 is 34.2 Å². The average Bonchev–Trinajstić information content (AvgIpc) is 3.17. The molecule has 1 aliphatic heterocycles. The fourth-order valence-corrected chi connectivity index (χ4v) is 3.89. The van der Waals surface area contributed by atoms with Gasteiger partial charge in [0.15, 0.2) is 0 Å². The van der Waals surface area contributed by atoms with Crippen LogP contribution in [0, 0.1) is 0 Å². The summed E-state index contributed by atoms with van der Waals surface area (Å²) in [5, 5.41) is 0.610. The number of imidazole rings is 1. The summed E-state index contributed by atoms with van der Waals surface area (Å²) in [6, 6.07) is 15.7. The number of hydrogen-bond donors (Lipinski definition) is 0. The van der Waals surface area contributed by atoms with Gasteiger partial charge in [-0.05, 0) is 30.7 Å². The number of anilines is 1. The lowest BCUT2D eigenvalue weighted by Gasteiger charge is -2.18. The van der Waals surface area contributed by atoms with Crippen LogP contribution in [0.1, 0.15) is 31.5 Å². The van der Waals surface area contributed by atoms with Crippen LogP contribution in [0.5, 0.6) is 0 Å². The molecule has 25 heavy (non-hydrogen) atoms. The number of para-hydroxylation sites is 3. The Morgan fingerprint density at radius 1 is 1.16 bits per heavy atom. The molecule has 0 radical (unpaired) electrons. The van der Waals surface area contributed by atoms with Gasteiger partial charge < -0.3 is 9.47 Å². The molecule has 0 spiro atoms. The Bertz CT molecular complexity index is 934. The number of nitrogens with zero attached hydrogens (tertiary/aromatic N) is 3. The smallest absolute Gasteiger partial charge is 0.227 e. The average molecular weight is 354 g/mol. The minimum Gasteiger partial charge on any atom is -0.328 e. The van der Waals surface area contributed by atoms with Gasteiger partial charge in [0, 0.05) is 25.4 Å². The van der Waals surface area contributed by atoms with Crippen molar-refractivity contribution in [2.24, 2.45) is 0 Å². The van der Waals surface area contributed by atoms with E-state index in [0.29, 0.717) is 18.0 Å². The fourth-order valence-electron chi connectivity index (χ4n) is 3.65. The molecular weight excluding hydrogens is 334 g/mol. The number of halogens is 1. The number of aryl methyl sites for hydroxylation is 1. The Balaban J connectivity index is 1.72. The van der Waals surface area contributed by atoms with Gasteiger partial charge in [-0.3, -0.25) is 4.79 Å². The Hall–Kier alpha value is -2.33. The zero-order valence-electron chi connectivity index (χ0n) is 14.2. The first kappa shape index (κ1) is 16.2. The molecule has 1 amide bonds. The highest BCUT2D eigenvalue weighted by atomic mass is 35.5. The molecule has 0 N–H and O–H groups in total. The predicted octanol–water partition coefficient (Wildman–Crippen LogP) is 4.62. The quantitative estimate of drug-likeness (QED) is 0.686. The van der Waals surface area contributed by atoms with Gasteiger partial charge in [0.05, 0.1) is 21.7 Å². The summed E-state index contributed by atoms with van der Waals surface area (Å²) < 4.78 is 2.27. The molecular formula is C20H20ClN3O. The minimum atomic E-state index is 0.0859. The normalized spacial score (nSPS) is 17.6. The topological polar surface area (TPSA) is 38.1 Å². The van der Waals surface area contributed by atoms with E-state index in [0.717, 1.165) is 35.5 Å². The molecule has 0 bridgehead atoms. The third kappa shape index (κ3) is 2.81. The molecule has 4 nitrogen and oxygen atoms in total. The first-order valence-electron chi connectivity index (χ1n) is 8.69. The number of aromatic nitrogens is 2. The number of rotatable bonds is 4. The second kappa shape index (κ2) is 6.52. The second-order valence-corrected chi connectivity index (χ2v) is 6.87. The van der Waals surface area contributed by atoms with E-state index in [4.69, 9.17) is 16.6 Å². The summed E-state index contributed by atoms with van der Waals surface area (Å²) in [7, 11) is 0. The maximum absolute atomic E-state index is 12.6. The van der Waals surface area contributed by atoms with E-state index in [1.54, 1.807) is 4.90 Å². The Morgan fingerprint density at radius 3 is 2.72 bits per heavy atom.